The van der Waals surface area contributed by atoms with Crippen molar-refractivity contribution < 1.29 is 19.4 Å². The average molecular weight is 349 g/mol. The predicted molar refractivity (Wildman–Crippen MR) is 89.6 cm³/mol. The van der Waals surface area contributed by atoms with E-state index in [1.165, 1.54) is 0 Å². The second-order valence-electron chi connectivity index (χ2n) is 7.44. The average Bonchev–Trinajstić information content (AvgIpc) is 2.42. The highest BCUT2D eigenvalue weighted by Gasteiger charge is 2.38. The predicted octanol–water partition coefficient (Wildman–Crippen LogP) is 2.22. The van der Waals surface area contributed by atoms with Crippen LogP contribution >= 0.6 is 11.6 Å². The molecule has 0 atom stereocenters. The Morgan fingerprint density at radius 2 is 1.83 bits per heavy atom. The zero-order valence-electron chi connectivity index (χ0n) is 14.8. The van der Waals surface area contributed by atoms with Crippen LogP contribution in [0.1, 0.15) is 47.5 Å². The van der Waals surface area contributed by atoms with Crippen molar-refractivity contribution in [3.05, 3.63) is 0 Å². The maximum atomic E-state index is 12.0. The summed E-state index contributed by atoms with van der Waals surface area (Å²) in [5.41, 5.74) is -1.53. The van der Waals surface area contributed by atoms with Crippen molar-refractivity contribution >= 4 is 23.6 Å². The molecule has 1 aliphatic heterocycles. The van der Waals surface area contributed by atoms with Crippen molar-refractivity contribution in [3.8, 4) is 0 Å². The summed E-state index contributed by atoms with van der Waals surface area (Å²) in [7, 11) is 0. The second-order valence-corrected chi connectivity index (χ2v) is 7.71. The first kappa shape index (κ1) is 20.0. The molecule has 0 saturated carbocycles. The van der Waals surface area contributed by atoms with Gasteiger partial charge in [-0.05, 0) is 47.5 Å². The lowest BCUT2D eigenvalue weighted by molar-refractivity contribution is -0.136. The minimum atomic E-state index is -0.996. The molecule has 0 aliphatic carbocycles. The lowest BCUT2D eigenvalue weighted by Gasteiger charge is -2.42. The smallest absolute Gasteiger partial charge is 0.410 e. The minimum Gasteiger partial charge on any atom is -0.444 e. The van der Waals surface area contributed by atoms with Gasteiger partial charge in [0.15, 0.2) is 0 Å². The molecule has 0 aromatic carbocycles. The monoisotopic (exact) mass is 348 g/mol. The van der Waals surface area contributed by atoms with E-state index in [2.05, 4.69) is 0 Å². The van der Waals surface area contributed by atoms with Gasteiger partial charge in [0.25, 0.3) is 0 Å². The van der Waals surface area contributed by atoms with Gasteiger partial charge < -0.3 is 19.6 Å². The van der Waals surface area contributed by atoms with Crippen LogP contribution in [0.25, 0.3) is 0 Å². The molecule has 1 aliphatic rings. The summed E-state index contributed by atoms with van der Waals surface area (Å²) >= 11 is 5.64. The first-order valence-corrected chi connectivity index (χ1v) is 8.56. The molecule has 0 spiro atoms. The number of likely N-dealkylation sites (tertiary alicyclic amines) is 1. The number of ether oxygens (including phenoxy) is 1. The molecular weight excluding hydrogens is 320 g/mol. The molecule has 2 amide bonds. The van der Waals surface area contributed by atoms with Crippen LogP contribution in [0.3, 0.4) is 0 Å². The summed E-state index contributed by atoms with van der Waals surface area (Å²) < 4.78 is 5.34. The van der Waals surface area contributed by atoms with Crippen LogP contribution in [0.4, 0.5) is 4.79 Å². The van der Waals surface area contributed by atoms with E-state index in [1.54, 1.807) is 9.80 Å². The fraction of sp³-hybridized carbons (Fsp3) is 0.875. The summed E-state index contributed by atoms with van der Waals surface area (Å²) in [4.78, 5) is 27.1. The summed E-state index contributed by atoms with van der Waals surface area (Å²) in [5, 5.41) is 10.8. The van der Waals surface area contributed by atoms with Crippen LogP contribution in [0.5, 0.6) is 0 Å². The van der Waals surface area contributed by atoms with Gasteiger partial charge in [0.05, 0.1) is 5.60 Å². The number of carbonyl (C=O) groups excluding carboxylic acids is 2. The Morgan fingerprint density at radius 3 is 2.22 bits per heavy atom. The summed E-state index contributed by atoms with van der Waals surface area (Å²) in [6, 6.07) is -0.0332. The lowest BCUT2D eigenvalue weighted by atomic mass is 9.90. The molecule has 134 valence electrons. The topological polar surface area (TPSA) is 70.1 Å². The molecule has 1 N–H and O–H groups in total. The Bertz CT molecular complexity index is 426. The number of alkyl halides is 1. The fourth-order valence-corrected chi connectivity index (χ4v) is 2.70. The molecule has 6 nitrogen and oxygen atoms in total. The number of hydrogen-bond acceptors (Lipinski definition) is 4. The van der Waals surface area contributed by atoms with Crippen molar-refractivity contribution in [2.24, 2.45) is 0 Å². The van der Waals surface area contributed by atoms with Gasteiger partial charge in [-0.3, -0.25) is 4.79 Å². The number of aliphatic hydroxyl groups is 1. The standard InChI is InChI=1S/C16H29ClN2O4/c1-12(2)19(13(20)10-17)11-16(22)6-8-18(9-7-16)14(21)23-15(3,4)5/h12,22H,6-11H2,1-5H3. The summed E-state index contributed by atoms with van der Waals surface area (Å²) in [6.07, 6.45) is 0.452. The molecule has 1 fully saturated rings. The SMILES string of the molecule is CC(C)N(CC1(O)CCN(C(=O)OC(C)(C)C)CC1)C(=O)CCl. The van der Waals surface area contributed by atoms with Crippen LogP contribution in [-0.2, 0) is 9.53 Å². The molecule has 0 unspecified atom stereocenters. The molecular formula is C16H29ClN2O4. The number of halogens is 1. The lowest BCUT2D eigenvalue weighted by Crippen LogP contribution is -2.55. The van der Waals surface area contributed by atoms with Crippen molar-refractivity contribution in [2.45, 2.75) is 64.7 Å². The van der Waals surface area contributed by atoms with Crippen LogP contribution in [0.2, 0.25) is 0 Å². The fourth-order valence-electron chi connectivity index (χ4n) is 2.54. The zero-order chi connectivity index (χ0) is 17.8. The molecule has 0 bridgehead atoms. The second kappa shape index (κ2) is 7.71. The third kappa shape index (κ3) is 6.18. The Morgan fingerprint density at radius 1 is 1.30 bits per heavy atom. The van der Waals surface area contributed by atoms with E-state index in [-0.39, 0.29) is 30.5 Å². The number of nitrogens with zero attached hydrogens (tertiary/aromatic N) is 2. The van der Waals surface area contributed by atoms with E-state index >= 15 is 0 Å². The number of rotatable bonds is 4. The van der Waals surface area contributed by atoms with Gasteiger partial charge in [0, 0.05) is 25.7 Å². The number of amides is 2. The molecule has 1 heterocycles. The Kier molecular flexibility index (Phi) is 6.71. The molecule has 1 rings (SSSR count). The van der Waals surface area contributed by atoms with E-state index in [1.807, 2.05) is 34.6 Å². The molecule has 0 aromatic heterocycles. The van der Waals surface area contributed by atoms with Crippen molar-refractivity contribution in [3.63, 3.8) is 0 Å². The third-order valence-corrected chi connectivity index (χ3v) is 4.10. The number of piperidine rings is 1. The Balaban J connectivity index is 2.62. The molecule has 0 radical (unpaired) electrons. The van der Waals surface area contributed by atoms with E-state index in [4.69, 9.17) is 16.3 Å². The molecule has 7 heteroatoms. The minimum absolute atomic E-state index is 0.0332. The maximum absolute atomic E-state index is 12.0. The normalized spacial score (nSPS) is 18.0. The van der Waals surface area contributed by atoms with Crippen molar-refractivity contribution in [1.82, 2.24) is 9.80 Å². The molecule has 0 aromatic rings. The van der Waals surface area contributed by atoms with Crippen LogP contribution < -0.4 is 0 Å². The Hall–Kier alpha value is -1.01. The third-order valence-electron chi connectivity index (χ3n) is 3.87. The number of hydrogen-bond donors (Lipinski definition) is 1. The molecule has 1 saturated heterocycles. The van der Waals surface area contributed by atoms with Gasteiger partial charge in [-0.15, -0.1) is 11.6 Å². The molecule has 23 heavy (non-hydrogen) atoms. The van der Waals surface area contributed by atoms with Crippen LogP contribution in [0.15, 0.2) is 0 Å². The highest BCUT2D eigenvalue weighted by Crippen LogP contribution is 2.25. The van der Waals surface area contributed by atoms with Gasteiger partial charge in [-0.2, -0.15) is 0 Å². The van der Waals surface area contributed by atoms with E-state index in [0.29, 0.717) is 25.9 Å². The highest BCUT2D eigenvalue weighted by molar-refractivity contribution is 6.27. The zero-order valence-corrected chi connectivity index (χ0v) is 15.5. The maximum Gasteiger partial charge on any atom is 0.410 e. The summed E-state index contributed by atoms with van der Waals surface area (Å²) in [6.45, 7) is 10.3. The number of carbonyl (C=O) groups is 2. The van der Waals surface area contributed by atoms with Crippen molar-refractivity contribution in [1.29, 1.82) is 0 Å². The van der Waals surface area contributed by atoms with Gasteiger partial charge in [0.1, 0.15) is 11.5 Å². The van der Waals surface area contributed by atoms with Crippen molar-refractivity contribution in [2.75, 3.05) is 25.5 Å². The van der Waals surface area contributed by atoms with Gasteiger partial charge in [-0.1, -0.05) is 0 Å². The van der Waals surface area contributed by atoms with Gasteiger partial charge in [-0.25, -0.2) is 4.79 Å². The largest absolute Gasteiger partial charge is 0.444 e. The first-order chi connectivity index (χ1) is 10.5. The first-order valence-electron chi connectivity index (χ1n) is 8.03. The van der Waals surface area contributed by atoms with E-state index in [0.717, 1.165) is 0 Å². The quantitative estimate of drug-likeness (QED) is 0.791. The Labute approximate surface area is 143 Å². The highest BCUT2D eigenvalue weighted by atomic mass is 35.5. The van der Waals surface area contributed by atoms with Gasteiger partial charge in [0.2, 0.25) is 5.91 Å². The van der Waals surface area contributed by atoms with Gasteiger partial charge >= 0.3 is 6.09 Å². The van der Waals surface area contributed by atoms with E-state index in [9.17, 15) is 14.7 Å². The van der Waals surface area contributed by atoms with E-state index < -0.39 is 11.2 Å². The van der Waals surface area contributed by atoms with Crippen LogP contribution in [-0.4, -0.2) is 69.7 Å². The summed E-state index contributed by atoms with van der Waals surface area (Å²) in [5.74, 6) is -0.289. The van der Waals surface area contributed by atoms with Crippen LogP contribution in [0, 0.1) is 0 Å².